The van der Waals surface area contributed by atoms with Crippen molar-refractivity contribution in [1.29, 1.82) is 0 Å². The van der Waals surface area contributed by atoms with E-state index in [4.69, 9.17) is 16.6 Å². The minimum absolute atomic E-state index is 0.0987. The van der Waals surface area contributed by atoms with Crippen LogP contribution >= 0.6 is 11.6 Å². The van der Waals surface area contributed by atoms with E-state index in [9.17, 15) is 4.79 Å². The fourth-order valence-electron chi connectivity index (χ4n) is 3.53. The van der Waals surface area contributed by atoms with Crippen LogP contribution in [-0.2, 0) is 13.1 Å². The van der Waals surface area contributed by atoms with Crippen LogP contribution in [0.15, 0.2) is 55.0 Å². The summed E-state index contributed by atoms with van der Waals surface area (Å²) in [5.41, 5.74) is 4.92. The second kappa shape index (κ2) is 8.24. The SMILES string of the molecule is CCn1ncc(CN(C)C(=O)c2cc(-c3cccnc3)nc3ccc(Cl)cc23)c1C. The molecule has 3 aromatic heterocycles. The van der Waals surface area contributed by atoms with E-state index < -0.39 is 0 Å². The van der Waals surface area contributed by atoms with Crippen LogP contribution < -0.4 is 0 Å². The number of nitrogens with zero attached hydrogens (tertiary/aromatic N) is 5. The lowest BCUT2D eigenvalue weighted by Gasteiger charge is -2.19. The average Bonchev–Trinajstić information content (AvgIpc) is 3.12. The van der Waals surface area contributed by atoms with Gasteiger partial charge in [-0.1, -0.05) is 11.6 Å². The fraction of sp³-hybridized carbons (Fsp3) is 0.217. The highest BCUT2D eigenvalue weighted by molar-refractivity contribution is 6.31. The summed E-state index contributed by atoms with van der Waals surface area (Å²) in [6.45, 7) is 5.33. The van der Waals surface area contributed by atoms with Crippen LogP contribution in [0.5, 0.6) is 0 Å². The lowest BCUT2D eigenvalue weighted by molar-refractivity contribution is 0.0787. The Morgan fingerprint density at radius 1 is 1.20 bits per heavy atom. The molecular formula is C23H22ClN5O. The molecule has 0 N–H and O–H groups in total. The Bertz CT molecular complexity index is 1220. The number of rotatable bonds is 5. The van der Waals surface area contributed by atoms with Crippen molar-refractivity contribution in [2.24, 2.45) is 0 Å². The van der Waals surface area contributed by atoms with Crippen LogP contribution in [0.4, 0.5) is 0 Å². The maximum Gasteiger partial charge on any atom is 0.254 e. The van der Waals surface area contributed by atoms with Crippen LogP contribution in [0.1, 0.15) is 28.5 Å². The zero-order valence-corrected chi connectivity index (χ0v) is 17.9. The number of fused-ring (bicyclic) bond motifs is 1. The summed E-state index contributed by atoms with van der Waals surface area (Å²) >= 11 is 6.23. The van der Waals surface area contributed by atoms with Crippen molar-refractivity contribution in [2.75, 3.05) is 7.05 Å². The van der Waals surface area contributed by atoms with E-state index in [2.05, 4.69) is 10.1 Å². The third-order valence-electron chi connectivity index (χ3n) is 5.22. The number of hydrogen-bond donors (Lipinski definition) is 0. The van der Waals surface area contributed by atoms with Crippen LogP contribution in [0, 0.1) is 6.92 Å². The van der Waals surface area contributed by atoms with Gasteiger partial charge in [-0.3, -0.25) is 14.5 Å². The second-order valence-corrected chi connectivity index (χ2v) is 7.63. The van der Waals surface area contributed by atoms with Gasteiger partial charge in [-0.15, -0.1) is 0 Å². The molecule has 0 saturated heterocycles. The first-order chi connectivity index (χ1) is 14.5. The number of carbonyl (C=O) groups excluding carboxylic acids is 1. The van der Waals surface area contributed by atoms with Gasteiger partial charge in [-0.2, -0.15) is 5.10 Å². The highest BCUT2D eigenvalue weighted by Crippen LogP contribution is 2.28. The molecule has 6 nitrogen and oxygen atoms in total. The highest BCUT2D eigenvalue weighted by Gasteiger charge is 2.19. The highest BCUT2D eigenvalue weighted by atomic mass is 35.5. The van der Waals surface area contributed by atoms with Gasteiger partial charge in [0.25, 0.3) is 5.91 Å². The molecule has 0 aliphatic heterocycles. The molecule has 152 valence electrons. The van der Waals surface area contributed by atoms with Gasteiger partial charge in [0.15, 0.2) is 0 Å². The molecular weight excluding hydrogens is 398 g/mol. The van der Waals surface area contributed by atoms with Crippen molar-refractivity contribution in [3.05, 3.63) is 76.8 Å². The first-order valence-corrected chi connectivity index (χ1v) is 10.1. The molecule has 0 spiro atoms. The van der Waals surface area contributed by atoms with Gasteiger partial charge < -0.3 is 4.90 Å². The fourth-order valence-corrected chi connectivity index (χ4v) is 3.70. The Kier molecular flexibility index (Phi) is 5.50. The summed E-state index contributed by atoms with van der Waals surface area (Å²) in [6.07, 6.45) is 5.28. The molecule has 0 aliphatic rings. The third-order valence-corrected chi connectivity index (χ3v) is 5.45. The zero-order chi connectivity index (χ0) is 21.3. The van der Waals surface area contributed by atoms with Crippen LogP contribution in [0.25, 0.3) is 22.2 Å². The molecule has 3 heterocycles. The molecule has 0 unspecified atom stereocenters. The normalized spacial score (nSPS) is 11.1. The Morgan fingerprint density at radius 3 is 2.73 bits per heavy atom. The average molecular weight is 420 g/mol. The lowest BCUT2D eigenvalue weighted by Crippen LogP contribution is -2.26. The topological polar surface area (TPSA) is 63.9 Å². The molecule has 0 atom stereocenters. The molecule has 0 aliphatic carbocycles. The zero-order valence-electron chi connectivity index (χ0n) is 17.1. The quantitative estimate of drug-likeness (QED) is 0.468. The number of hydrogen-bond acceptors (Lipinski definition) is 4. The van der Waals surface area contributed by atoms with Crippen LogP contribution in [0.3, 0.4) is 0 Å². The summed E-state index contributed by atoms with van der Waals surface area (Å²) in [7, 11) is 1.80. The molecule has 0 bridgehead atoms. The number of carbonyl (C=O) groups is 1. The molecule has 0 radical (unpaired) electrons. The van der Waals surface area contributed by atoms with Crippen molar-refractivity contribution in [2.45, 2.75) is 26.9 Å². The summed E-state index contributed by atoms with van der Waals surface area (Å²) in [5, 5.41) is 5.67. The molecule has 4 aromatic rings. The molecule has 7 heteroatoms. The number of aromatic nitrogens is 4. The van der Waals surface area contributed by atoms with Crippen LogP contribution in [-0.4, -0.2) is 37.6 Å². The van der Waals surface area contributed by atoms with Crippen molar-refractivity contribution >= 4 is 28.4 Å². The molecule has 30 heavy (non-hydrogen) atoms. The Balaban J connectivity index is 1.76. The molecule has 4 rings (SSSR count). The Hall–Kier alpha value is -3.25. The van der Waals surface area contributed by atoms with Gasteiger partial charge in [-0.05, 0) is 50.2 Å². The predicted octanol–water partition coefficient (Wildman–Crippen LogP) is 4.75. The first-order valence-electron chi connectivity index (χ1n) is 9.75. The maximum absolute atomic E-state index is 13.5. The third kappa shape index (κ3) is 3.78. The number of aryl methyl sites for hydroxylation is 1. The van der Waals surface area contributed by atoms with Gasteiger partial charge in [0.05, 0.1) is 23.0 Å². The predicted molar refractivity (Wildman–Crippen MR) is 118 cm³/mol. The van der Waals surface area contributed by atoms with Crippen molar-refractivity contribution in [3.63, 3.8) is 0 Å². The van der Waals surface area contributed by atoms with Gasteiger partial charge in [0, 0.05) is 59.8 Å². The van der Waals surface area contributed by atoms with Gasteiger partial charge in [0.2, 0.25) is 0 Å². The molecule has 0 saturated carbocycles. The van der Waals surface area contributed by atoms with E-state index in [0.29, 0.717) is 28.3 Å². The maximum atomic E-state index is 13.5. The molecule has 0 fully saturated rings. The molecule has 1 amide bonds. The standard InChI is InChI=1S/C23H22ClN5O/c1-4-29-15(2)17(13-26-29)14-28(3)23(30)20-11-22(16-6-5-9-25-12-16)27-21-8-7-18(24)10-19(20)21/h5-13H,4,14H2,1-3H3. The van der Waals surface area contributed by atoms with E-state index >= 15 is 0 Å². The summed E-state index contributed by atoms with van der Waals surface area (Å²) in [6, 6.07) is 11.0. The second-order valence-electron chi connectivity index (χ2n) is 7.19. The van der Waals surface area contributed by atoms with Gasteiger partial charge in [-0.25, -0.2) is 4.98 Å². The van der Waals surface area contributed by atoms with E-state index in [1.807, 2.05) is 49.0 Å². The largest absolute Gasteiger partial charge is 0.337 e. The van der Waals surface area contributed by atoms with E-state index in [-0.39, 0.29) is 5.91 Å². The minimum atomic E-state index is -0.0987. The monoisotopic (exact) mass is 419 g/mol. The smallest absolute Gasteiger partial charge is 0.254 e. The molecule has 1 aromatic carbocycles. The summed E-state index contributed by atoms with van der Waals surface area (Å²) < 4.78 is 1.93. The summed E-state index contributed by atoms with van der Waals surface area (Å²) in [5.74, 6) is -0.0987. The number of benzene rings is 1. The van der Waals surface area contributed by atoms with Crippen molar-refractivity contribution in [3.8, 4) is 11.3 Å². The number of amides is 1. The van der Waals surface area contributed by atoms with E-state index in [0.717, 1.165) is 28.8 Å². The lowest BCUT2D eigenvalue weighted by atomic mass is 10.0. The number of halogens is 1. The first kappa shape index (κ1) is 20.0. The van der Waals surface area contributed by atoms with Crippen molar-refractivity contribution in [1.82, 2.24) is 24.6 Å². The van der Waals surface area contributed by atoms with Gasteiger partial charge in [0.1, 0.15) is 0 Å². The summed E-state index contributed by atoms with van der Waals surface area (Å²) in [4.78, 5) is 24.1. The van der Waals surface area contributed by atoms with E-state index in [1.54, 1.807) is 36.5 Å². The van der Waals surface area contributed by atoms with Gasteiger partial charge >= 0.3 is 0 Å². The Morgan fingerprint density at radius 2 is 2.03 bits per heavy atom. The van der Waals surface area contributed by atoms with E-state index in [1.165, 1.54) is 0 Å². The van der Waals surface area contributed by atoms with Crippen molar-refractivity contribution < 1.29 is 4.79 Å². The number of pyridine rings is 2. The van der Waals surface area contributed by atoms with Crippen LogP contribution in [0.2, 0.25) is 5.02 Å². The Labute approximate surface area is 180 Å². The minimum Gasteiger partial charge on any atom is -0.337 e.